The molecule has 0 aliphatic carbocycles. The molecule has 31 heavy (non-hydrogen) atoms. The molecule has 0 amide bonds. The standard InChI is InChI=1S/C10H24P2.2C6H18NSi2.Fe/c1-5-11(6-2)9-10-12(7-3)8-4;2*1-8(2,3)7-9(4,5)6;/h5-10H2,1-4H3;2*1-6H3;/q;2*-1;+2/p+2. The van der Waals surface area contributed by atoms with Crippen molar-refractivity contribution < 1.29 is 17.1 Å². The summed E-state index contributed by atoms with van der Waals surface area (Å²) in [7, 11) is -4.25. The third-order valence-corrected chi connectivity index (χ3v) is 21.3. The van der Waals surface area contributed by atoms with E-state index in [4.69, 9.17) is 9.30 Å². The van der Waals surface area contributed by atoms with Crippen LogP contribution in [0.5, 0.6) is 0 Å². The molecule has 0 radical (unpaired) electrons. The van der Waals surface area contributed by atoms with Crippen LogP contribution in [-0.2, 0) is 17.1 Å². The van der Waals surface area contributed by atoms with Crippen LogP contribution in [0.15, 0.2) is 0 Å². The predicted octanol–water partition coefficient (Wildman–Crippen LogP) is 9.55. The normalized spacial score (nSPS) is 12.6. The third kappa shape index (κ3) is 39.7. The van der Waals surface area contributed by atoms with Crippen molar-refractivity contribution in [3.63, 3.8) is 0 Å². The minimum absolute atomic E-state index is 0. The topological polar surface area (TPSA) is 28.2 Å². The predicted molar refractivity (Wildman–Crippen MR) is 169 cm³/mol. The van der Waals surface area contributed by atoms with Gasteiger partial charge < -0.3 is 9.30 Å². The van der Waals surface area contributed by atoms with Crippen LogP contribution in [0.4, 0.5) is 0 Å². The Hall–Kier alpha value is 2.17. The van der Waals surface area contributed by atoms with Crippen molar-refractivity contribution in [3.8, 4) is 0 Å². The minimum Gasteiger partial charge on any atom is -0.668 e. The summed E-state index contributed by atoms with van der Waals surface area (Å²) in [5.74, 6) is 0. The van der Waals surface area contributed by atoms with Crippen LogP contribution < -0.4 is 0 Å². The molecule has 0 atom stereocenters. The van der Waals surface area contributed by atoms with Crippen molar-refractivity contribution in [2.45, 2.75) is 106 Å². The second-order valence-electron chi connectivity index (χ2n) is 12.3. The summed E-state index contributed by atoms with van der Waals surface area (Å²) in [6, 6.07) is 0. The first kappa shape index (κ1) is 40.3. The molecule has 2 nitrogen and oxygen atoms in total. The quantitative estimate of drug-likeness (QED) is 0.171. The van der Waals surface area contributed by atoms with E-state index in [9.17, 15) is 0 Å². The zero-order valence-corrected chi connectivity index (χ0v) is 31.6. The van der Waals surface area contributed by atoms with E-state index in [1.54, 1.807) is 12.3 Å². The number of hydrogen-bond acceptors (Lipinski definition) is 0. The Kier molecular flexibility index (Phi) is 25.2. The SMILES string of the molecule is CC[PH+](CC)CC[PH+](CC)CC.C[Si](C)(C)[N-][Si](C)(C)C.C[Si](C)(C)[N-][Si](C)(C)C.[Fe+2]. The summed E-state index contributed by atoms with van der Waals surface area (Å²) >= 11 is 0. The van der Waals surface area contributed by atoms with E-state index < -0.39 is 32.9 Å². The molecule has 0 fully saturated rings. The molecule has 9 heteroatoms. The fraction of sp³-hybridized carbons (Fsp3) is 1.00. The van der Waals surface area contributed by atoms with Gasteiger partial charge in [-0.3, -0.25) is 0 Å². The zero-order chi connectivity index (χ0) is 24.8. The van der Waals surface area contributed by atoms with Gasteiger partial charge in [-0.15, -0.1) is 0 Å². The largest absolute Gasteiger partial charge is 2.00 e. The van der Waals surface area contributed by atoms with Crippen molar-refractivity contribution in [2.24, 2.45) is 0 Å². The maximum Gasteiger partial charge on any atom is 2.00 e. The van der Waals surface area contributed by atoms with Gasteiger partial charge in [0.05, 0.1) is 37.0 Å². The molecule has 0 aliphatic rings. The monoisotopic (exact) mass is 584 g/mol. The molecule has 0 rings (SSSR count). The molecule has 0 unspecified atom stereocenters. The Labute approximate surface area is 217 Å². The Morgan fingerprint density at radius 2 is 0.581 bits per heavy atom. The second-order valence-corrected chi connectivity index (χ2v) is 38.3. The van der Waals surface area contributed by atoms with Gasteiger partial charge in [0.1, 0.15) is 0 Å². The molecule has 0 heterocycles. The molecule has 0 aromatic carbocycles. The van der Waals surface area contributed by atoms with Crippen molar-refractivity contribution in [3.05, 3.63) is 9.30 Å². The molecular weight excluding hydrogens is 522 g/mol. The van der Waals surface area contributed by atoms with E-state index in [0.717, 1.165) is 0 Å². The zero-order valence-electron chi connectivity index (χ0n) is 24.5. The maximum absolute atomic E-state index is 4.82. The van der Waals surface area contributed by atoms with E-state index >= 15 is 0 Å². The minimum atomic E-state index is -1.11. The van der Waals surface area contributed by atoms with Gasteiger partial charge >= 0.3 is 17.1 Å². The average molecular weight is 585 g/mol. The summed E-state index contributed by atoms with van der Waals surface area (Å²) in [5, 5.41) is 0. The van der Waals surface area contributed by atoms with Gasteiger partial charge in [0.2, 0.25) is 0 Å². The van der Waals surface area contributed by atoms with Crippen molar-refractivity contribution in [2.75, 3.05) is 37.0 Å². The molecular formula is C22H62FeN2P2Si4+2. The molecule has 0 aromatic rings. The van der Waals surface area contributed by atoms with Crippen molar-refractivity contribution in [1.82, 2.24) is 0 Å². The average Bonchev–Trinajstić information content (AvgIpc) is 2.46. The van der Waals surface area contributed by atoms with E-state index in [2.05, 4.69) is 106 Å². The molecule has 0 aliphatic heterocycles. The molecule has 0 spiro atoms. The molecule has 0 N–H and O–H groups in total. The van der Waals surface area contributed by atoms with Crippen LogP contribution in [0, 0.1) is 0 Å². The van der Waals surface area contributed by atoms with Gasteiger partial charge in [0.25, 0.3) is 0 Å². The molecule has 0 saturated carbocycles. The Morgan fingerprint density at radius 3 is 0.645 bits per heavy atom. The van der Waals surface area contributed by atoms with Gasteiger partial charge in [-0.05, 0) is 27.7 Å². The number of nitrogens with zero attached hydrogens (tertiary/aromatic N) is 2. The summed E-state index contributed by atoms with van der Waals surface area (Å²) in [6.07, 6.45) is 9.17. The van der Waals surface area contributed by atoms with E-state index in [-0.39, 0.29) is 32.9 Å². The van der Waals surface area contributed by atoms with E-state index in [1.807, 2.05) is 0 Å². The Balaban J connectivity index is -0.000000176. The molecule has 0 saturated heterocycles. The van der Waals surface area contributed by atoms with Crippen LogP contribution in [0.2, 0.25) is 78.6 Å². The third-order valence-electron chi connectivity index (χ3n) is 4.17. The molecule has 0 bridgehead atoms. The molecule has 0 aromatic heterocycles. The summed E-state index contributed by atoms with van der Waals surface area (Å²) in [4.78, 5) is 0. The first-order chi connectivity index (χ1) is 13.2. The van der Waals surface area contributed by atoms with Crippen LogP contribution in [0.3, 0.4) is 0 Å². The molecule has 192 valence electrons. The maximum atomic E-state index is 4.82. The first-order valence-corrected chi connectivity index (χ1v) is 30.4. The van der Waals surface area contributed by atoms with Gasteiger partial charge in [-0.1, -0.05) is 112 Å². The second kappa shape index (κ2) is 19.4. The van der Waals surface area contributed by atoms with Gasteiger partial charge in [0, 0.05) is 15.8 Å². The van der Waals surface area contributed by atoms with E-state index in [1.165, 1.54) is 24.6 Å². The summed E-state index contributed by atoms with van der Waals surface area (Å²) < 4.78 is 9.64. The Bertz CT molecular complexity index is 334. The summed E-state index contributed by atoms with van der Waals surface area (Å²) in [5.41, 5.74) is 0. The number of hydrogen-bond donors (Lipinski definition) is 0. The fourth-order valence-electron chi connectivity index (χ4n) is 3.57. The van der Waals surface area contributed by atoms with Crippen molar-refractivity contribution in [1.29, 1.82) is 0 Å². The van der Waals surface area contributed by atoms with Crippen LogP contribution in [0.1, 0.15) is 27.7 Å². The Morgan fingerprint density at radius 1 is 0.419 bits per heavy atom. The van der Waals surface area contributed by atoms with Crippen LogP contribution >= 0.6 is 15.8 Å². The summed E-state index contributed by atoms with van der Waals surface area (Å²) in [6.45, 7) is 37.1. The fourth-order valence-corrected chi connectivity index (χ4v) is 24.9. The smallest absolute Gasteiger partial charge is 0.668 e. The van der Waals surface area contributed by atoms with Crippen LogP contribution in [-0.4, -0.2) is 69.9 Å². The van der Waals surface area contributed by atoms with E-state index in [0.29, 0.717) is 0 Å². The van der Waals surface area contributed by atoms with Crippen molar-refractivity contribution >= 4 is 48.8 Å². The van der Waals surface area contributed by atoms with Crippen LogP contribution in [0.25, 0.3) is 9.30 Å². The number of rotatable bonds is 11. The van der Waals surface area contributed by atoms with Gasteiger partial charge in [-0.25, -0.2) is 0 Å². The first-order valence-electron chi connectivity index (χ1n) is 12.3. The van der Waals surface area contributed by atoms with Gasteiger partial charge in [-0.2, -0.15) is 0 Å². The van der Waals surface area contributed by atoms with Gasteiger partial charge in [0.15, 0.2) is 0 Å².